The molecule has 8 heteroatoms. The van der Waals surface area contributed by atoms with Gasteiger partial charge in [-0.3, -0.25) is 14.7 Å². The molecule has 2 rings (SSSR count). The van der Waals surface area contributed by atoms with Gasteiger partial charge in [0.05, 0.1) is 6.54 Å². The van der Waals surface area contributed by atoms with E-state index in [1.165, 1.54) is 5.56 Å². The third-order valence-electron chi connectivity index (χ3n) is 4.61. The molecule has 1 aliphatic heterocycles. The number of nitrogens with zero attached hydrogens (tertiary/aromatic N) is 2. The SMILES string of the molecule is CCNC(=NCCNC(=O)C(C)(C)C)NC1CCN(Cc2ccsc2)CC1.I. The fourth-order valence-corrected chi connectivity index (χ4v) is 3.65. The van der Waals surface area contributed by atoms with Crippen LogP contribution in [0.2, 0.25) is 0 Å². The zero-order valence-electron chi connectivity index (χ0n) is 17.6. The summed E-state index contributed by atoms with van der Waals surface area (Å²) in [5.41, 5.74) is 1.06. The molecule has 1 amide bonds. The smallest absolute Gasteiger partial charge is 0.225 e. The first-order valence-electron chi connectivity index (χ1n) is 9.95. The fraction of sp³-hybridized carbons (Fsp3) is 0.700. The first-order chi connectivity index (χ1) is 12.9. The van der Waals surface area contributed by atoms with Crippen molar-refractivity contribution in [3.8, 4) is 0 Å². The number of carbonyl (C=O) groups excluding carboxylic acids is 1. The van der Waals surface area contributed by atoms with E-state index in [0.29, 0.717) is 19.1 Å². The molecular formula is C20H36IN5OS. The molecule has 1 fully saturated rings. The van der Waals surface area contributed by atoms with Gasteiger partial charge in [0.2, 0.25) is 5.91 Å². The maximum atomic E-state index is 11.9. The first kappa shape index (κ1) is 25.2. The Hall–Kier alpha value is -0.870. The number of aliphatic imine (C=N–C) groups is 1. The monoisotopic (exact) mass is 521 g/mol. The summed E-state index contributed by atoms with van der Waals surface area (Å²) >= 11 is 1.77. The second kappa shape index (κ2) is 12.6. The number of carbonyl (C=O) groups is 1. The van der Waals surface area contributed by atoms with E-state index in [-0.39, 0.29) is 35.3 Å². The van der Waals surface area contributed by atoms with E-state index in [9.17, 15) is 4.79 Å². The second-order valence-electron chi connectivity index (χ2n) is 8.09. The van der Waals surface area contributed by atoms with Crippen molar-refractivity contribution in [1.29, 1.82) is 0 Å². The molecule has 0 saturated carbocycles. The largest absolute Gasteiger partial charge is 0.357 e. The topological polar surface area (TPSA) is 68.8 Å². The van der Waals surface area contributed by atoms with E-state index in [0.717, 1.165) is 45.0 Å². The summed E-state index contributed by atoms with van der Waals surface area (Å²) in [6.07, 6.45) is 2.24. The number of likely N-dealkylation sites (tertiary alicyclic amines) is 1. The van der Waals surface area contributed by atoms with Crippen LogP contribution in [-0.4, -0.2) is 55.5 Å². The van der Waals surface area contributed by atoms with Gasteiger partial charge < -0.3 is 16.0 Å². The van der Waals surface area contributed by atoms with E-state index in [1.54, 1.807) is 11.3 Å². The number of hydrogen-bond acceptors (Lipinski definition) is 4. The van der Waals surface area contributed by atoms with E-state index in [4.69, 9.17) is 0 Å². The summed E-state index contributed by atoms with van der Waals surface area (Å²) in [7, 11) is 0. The highest BCUT2D eigenvalue weighted by molar-refractivity contribution is 14.0. The minimum atomic E-state index is -0.358. The van der Waals surface area contributed by atoms with Crippen LogP contribution in [0.4, 0.5) is 0 Å². The third kappa shape index (κ3) is 9.09. The fourth-order valence-electron chi connectivity index (χ4n) is 2.99. The lowest BCUT2D eigenvalue weighted by molar-refractivity contribution is -0.128. The average Bonchev–Trinajstić information content (AvgIpc) is 3.12. The molecule has 0 radical (unpaired) electrons. The van der Waals surface area contributed by atoms with Gasteiger partial charge in [-0.25, -0.2) is 0 Å². The highest BCUT2D eigenvalue weighted by atomic mass is 127. The second-order valence-corrected chi connectivity index (χ2v) is 8.87. The quantitative estimate of drug-likeness (QED) is 0.223. The van der Waals surface area contributed by atoms with Gasteiger partial charge in [-0.2, -0.15) is 11.3 Å². The Kier molecular flexibility index (Phi) is 11.4. The molecule has 0 atom stereocenters. The van der Waals surface area contributed by atoms with Gasteiger partial charge >= 0.3 is 0 Å². The number of halogens is 1. The molecule has 0 unspecified atom stereocenters. The van der Waals surface area contributed by atoms with Crippen LogP contribution in [0.15, 0.2) is 21.8 Å². The number of amides is 1. The highest BCUT2D eigenvalue weighted by Gasteiger charge is 2.21. The molecular weight excluding hydrogens is 485 g/mol. The minimum absolute atomic E-state index is 0. The molecule has 0 bridgehead atoms. The Bertz CT molecular complexity index is 592. The summed E-state index contributed by atoms with van der Waals surface area (Å²) in [5.74, 6) is 0.910. The van der Waals surface area contributed by atoms with Crippen LogP contribution in [0.25, 0.3) is 0 Å². The van der Waals surface area contributed by atoms with Crippen LogP contribution in [0.5, 0.6) is 0 Å². The van der Waals surface area contributed by atoms with Gasteiger partial charge in [0.25, 0.3) is 0 Å². The lowest BCUT2D eigenvalue weighted by Gasteiger charge is -2.33. The highest BCUT2D eigenvalue weighted by Crippen LogP contribution is 2.15. The molecule has 1 aromatic heterocycles. The molecule has 3 N–H and O–H groups in total. The Balaban J connectivity index is 0.00000392. The molecule has 0 aromatic carbocycles. The van der Waals surface area contributed by atoms with Gasteiger partial charge in [-0.15, -0.1) is 24.0 Å². The number of rotatable bonds is 7. The van der Waals surface area contributed by atoms with Gasteiger partial charge in [-0.1, -0.05) is 20.8 Å². The normalized spacial score (nSPS) is 16.4. The molecule has 2 heterocycles. The van der Waals surface area contributed by atoms with Crippen LogP contribution in [0, 0.1) is 5.41 Å². The molecule has 1 aliphatic rings. The van der Waals surface area contributed by atoms with Crippen LogP contribution >= 0.6 is 35.3 Å². The van der Waals surface area contributed by atoms with Gasteiger partial charge in [-0.05, 0) is 42.2 Å². The number of guanidine groups is 1. The van der Waals surface area contributed by atoms with E-state index >= 15 is 0 Å². The Morgan fingerprint density at radius 2 is 2.00 bits per heavy atom. The lowest BCUT2D eigenvalue weighted by Crippen LogP contribution is -2.48. The summed E-state index contributed by atoms with van der Waals surface area (Å²) in [6.45, 7) is 13.1. The first-order valence-corrected chi connectivity index (χ1v) is 10.9. The van der Waals surface area contributed by atoms with Gasteiger partial charge in [0, 0.05) is 44.2 Å². The van der Waals surface area contributed by atoms with Crippen molar-refractivity contribution in [2.75, 3.05) is 32.7 Å². The van der Waals surface area contributed by atoms with E-state index in [1.807, 2.05) is 20.8 Å². The van der Waals surface area contributed by atoms with Crippen molar-refractivity contribution in [1.82, 2.24) is 20.9 Å². The van der Waals surface area contributed by atoms with Crippen molar-refractivity contribution < 1.29 is 4.79 Å². The summed E-state index contributed by atoms with van der Waals surface area (Å²) in [5, 5.41) is 14.2. The Morgan fingerprint density at radius 1 is 1.29 bits per heavy atom. The number of hydrogen-bond donors (Lipinski definition) is 3. The average molecular weight is 522 g/mol. The predicted molar refractivity (Wildman–Crippen MR) is 130 cm³/mol. The van der Waals surface area contributed by atoms with Crippen LogP contribution in [-0.2, 0) is 11.3 Å². The molecule has 6 nitrogen and oxygen atoms in total. The molecule has 160 valence electrons. The standard InChI is InChI=1S/C20H35N5OS.HI/c1-5-21-19(23-10-9-22-18(26)20(2,3)4)24-17-6-11-25(12-7-17)14-16-8-13-27-15-16;/h8,13,15,17H,5-7,9-12,14H2,1-4H3,(H,22,26)(H2,21,23,24);1H. The van der Waals surface area contributed by atoms with Crippen molar-refractivity contribution in [3.63, 3.8) is 0 Å². The zero-order valence-corrected chi connectivity index (χ0v) is 20.7. The zero-order chi connectivity index (χ0) is 19.7. The summed E-state index contributed by atoms with van der Waals surface area (Å²) < 4.78 is 0. The van der Waals surface area contributed by atoms with E-state index < -0.39 is 0 Å². The predicted octanol–water partition coefficient (Wildman–Crippen LogP) is 3.05. The van der Waals surface area contributed by atoms with Crippen molar-refractivity contribution >= 4 is 47.2 Å². The summed E-state index contributed by atoms with van der Waals surface area (Å²) in [6, 6.07) is 2.66. The number of piperidine rings is 1. The lowest BCUT2D eigenvalue weighted by atomic mass is 9.96. The van der Waals surface area contributed by atoms with Crippen molar-refractivity contribution in [2.24, 2.45) is 10.4 Å². The maximum Gasteiger partial charge on any atom is 0.225 e. The molecule has 0 aliphatic carbocycles. The van der Waals surface area contributed by atoms with Crippen LogP contribution in [0.1, 0.15) is 46.1 Å². The molecule has 28 heavy (non-hydrogen) atoms. The summed E-state index contributed by atoms with van der Waals surface area (Å²) in [4.78, 5) is 19.0. The minimum Gasteiger partial charge on any atom is -0.357 e. The molecule has 1 aromatic rings. The third-order valence-corrected chi connectivity index (χ3v) is 5.34. The Labute approximate surface area is 191 Å². The number of thiophene rings is 1. The van der Waals surface area contributed by atoms with Crippen LogP contribution in [0.3, 0.4) is 0 Å². The molecule has 0 spiro atoms. The Morgan fingerprint density at radius 3 is 2.57 bits per heavy atom. The van der Waals surface area contributed by atoms with Gasteiger partial charge in [0.15, 0.2) is 5.96 Å². The number of nitrogens with one attached hydrogen (secondary N) is 3. The van der Waals surface area contributed by atoms with E-state index in [2.05, 4.69) is 49.6 Å². The van der Waals surface area contributed by atoms with Gasteiger partial charge in [0.1, 0.15) is 0 Å². The maximum absolute atomic E-state index is 11.9. The van der Waals surface area contributed by atoms with Crippen LogP contribution < -0.4 is 16.0 Å². The van der Waals surface area contributed by atoms with Crippen molar-refractivity contribution in [2.45, 2.75) is 53.1 Å². The molecule has 1 saturated heterocycles. The van der Waals surface area contributed by atoms with Crippen molar-refractivity contribution in [3.05, 3.63) is 22.4 Å².